The second-order valence-corrected chi connectivity index (χ2v) is 7.05. The summed E-state index contributed by atoms with van der Waals surface area (Å²) in [6, 6.07) is 13.9. The Balaban J connectivity index is 1.49. The molecule has 27 heavy (non-hydrogen) atoms. The molecule has 0 atom stereocenters. The minimum atomic E-state index is -0.155. The average Bonchev–Trinajstić information content (AvgIpc) is 2.69. The second kappa shape index (κ2) is 8.91. The quantitative estimate of drug-likeness (QED) is 0.849. The van der Waals surface area contributed by atoms with E-state index < -0.39 is 0 Å². The van der Waals surface area contributed by atoms with Gasteiger partial charge < -0.3 is 19.9 Å². The highest BCUT2D eigenvalue weighted by Gasteiger charge is 2.15. The molecule has 1 aliphatic rings. The number of anilines is 2. The van der Waals surface area contributed by atoms with Crippen LogP contribution in [0.1, 0.15) is 18.1 Å². The van der Waals surface area contributed by atoms with Gasteiger partial charge in [0.25, 0.3) is 5.91 Å². The topological polar surface area (TPSA) is 44.8 Å². The van der Waals surface area contributed by atoms with Crippen LogP contribution in [0.25, 0.3) is 0 Å². The maximum absolute atomic E-state index is 12.1. The summed E-state index contributed by atoms with van der Waals surface area (Å²) in [5.74, 6) is 0.562. The maximum Gasteiger partial charge on any atom is 0.262 e. The third-order valence-corrected chi connectivity index (χ3v) is 5.18. The Morgan fingerprint density at radius 3 is 2.33 bits per heavy atom. The summed E-state index contributed by atoms with van der Waals surface area (Å²) in [6.07, 6.45) is 0. The van der Waals surface area contributed by atoms with Crippen LogP contribution in [0.3, 0.4) is 0 Å². The summed E-state index contributed by atoms with van der Waals surface area (Å²) in [6.45, 7) is 11.7. The van der Waals surface area contributed by atoms with Gasteiger partial charge in [0.05, 0.1) is 0 Å². The van der Waals surface area contributed by atoms with Gasteiger partial charge in [-0.1, -0.05) is 13.0 Å². The normalized spacial score (nSPS) is 14.9. The molecule has 5 heteroatoms. The first-order chi connectivity index (χ1) is 13.0. The van der Waals surface area contributed by atoms with Crippen molar-refractivity contribution in [2.75, 3.05) is 49.5 Å². The molecule has 2 aromatic rings. The molecule has 0 unspecified atom stereocenters. The van der Waals surface area contributed by atoms with Crippen molar-refractivity contribution in [3.8, 4) is 5.75 Å². The minimum absolute atomic E-state index is 0.00320. The highest BCUT2D eigenvalue weighted by molar-refractivity contribution is 5.92. The summed E-state index contributed by atoms with van der Waals surface area (Å²) in [7, 11) is 0. The molecule has 0 radical (unpaired) electrons. The molecule has 5 nitrogen and oxygen atoms in total. The number of amides is 1. The Bertz CT molecular complexity index is 766. The predicted molar refractivity (Wildman–Crippen MR) is 111 cm³/mol. The maximum atomic E-state index is 12.1. The van der Waals surface area contributed by atoms with E-state index in [9.17, 15) is 4.79 Å². The molecular weight excluding hydrogens is 338 g/mol. The van der Waals surface area contributed by atoms with Gasteiger partial charge in [-0.2, -0.15) is 0 Å². The number of aryl methyl sites for hydroxylation is 2. The molecule has 1 N–H and O–H groups in total. The number of ether oxygens (including phenoxy) is 1. The Kier molecular flexibility index (Phi) is 6.35. The zero-order valence-electron chi connectivity index (χ0n) is 16.5. The predicted octanol–water partition coefficient (Wildman–Crippen LogP) is 3.46. The van der Waals surface area contributed by atoms with E-state index in [1.807, 2.05) is 37.3 Å². The van der Waals surface area contributed by atoms with E-state index in [0.717, 1.165) is 49.7 Å². The first-order valence-corrected chi connectivity index (χ1v) is 9.62. The van der Waals surface area contributed by atoms with Crippen LogP contribution in [0.2, 0.25) is 0 Å². The molecule has 1 fully saturated rings. The molecule has 2 aromatic carbocycles. The number of likely N-dealkylation sites (N-methyl/N-ethyl adjacent to an activating group) is 1. The molecule has 1 saturated heterocycles. The van der Waals surface area contributed by atoms with Crippen LogP contribution in [0.15, 0.2) is 42.5 Å². The average molecular weight is 367 g/mol. The molecule has 3 rings (SSSR count). The number of rotatable bonds is 6. The van der Waals surface area contributed by atoms with Gasteiger partial charge in [0.15, 0.2) is 6.61 Å². The van der Waals surface area contributed by atoms with E-state index in [1.54, 1.807) is 0 Å². The van der Waals surface area contributed by atoms with Gasteiger partial charge in [-0.25, -0.2) is 0 Å². The monoisotopic (exact) mass is 367 g/mol. The van der Waals surface area contributed by atoms with Crippen LogP contribution in [-0.2, 0) is 4.79 Å². The Hall–Kier alpha value is -2.53. The van der Waals surface area contributed by atoms with E-state index in [2.05, 4.69) is 41.1 Å². The van der Waals surface area contributed by atoms with Crippen LogP contribution >= 0.6 is 0 Å². The smallest absolute Gasteiger partial charge is 0.262 e. The molecule has 1 heterocycles. The lowest BCUT2D eigenvalue weighted by molar-refractivity contribution is -0.118. The molecule has 0 aliphatic carbocycles. The number of nitrogens with zero attached hydrogens (tertiary/aromatic N) is 2. The number of hydrogen-bond acceptors (Lipinski definition) is 4. The largest absolute Gasteiger partial charge is 0.484 e. The fourth-order valence-electron chi connectivity index (χ4n) is 3.23. The Morgan fingerprint density at radius 2 is 1.70 bits per heavy atom. The van der Waals surface area contributed by atoms with Crippen molar-refractivity contribution in [2.45, 2.75) is 20.8 Å². The second-order valence-electron chi connectivity index (χ2n) is 7.05. The molecule has 0 saturated carbocycles. The fourth-order valence-corrected chi connectivity index (χ4v) is 3.23. The first-order valence-electron chi connectivity index (χ1n) is 9.62. The molecule has 1 amide bonds. The van der Waals surface area contributed by atoms with Gasteiger partial charge in [-0.05, 0) is 67.9 Å². The third-order valence-electron chi connectivity index (χ3n) is 5.18. The van der Waals surface area contributed by atoms with Crippen LogP contribution in [0, 0.1) is 13.8 Å². The van der Waals surface area contributed by atoms with E-state index in [0.29, 0.717) is 0 Å². The van der Waals surface area contributed by atoms with Gasteiger partial charge in [0.1, 0.15) is 5.75 Å². The van der Waals surface area contributed by atoms with E-state index in [-0.39, 0.29) is 12.5 Å². The van der Waals surface area contributed by atoms with Crippen molar-refractivity contribution in [1.82, 2.24) is 4.90 Å². The summed E-state index contributed by atoms with van der Waals surface area (Å²) in [5, 5.41) is 2.89. The van der Waals surface area contributed by atoms with Crippen LogP contribution in [-0.4, -0.2) is 50.1 Å². The van der Waals surface area contributed by atoms with Crippen molar-refractivity contribution in [2.24, 2.45) is 0 Å². The molecule has 1 aliphatic heterocycles. The number of nitrogens with one attached hydrogen (secondary N) is 1. The Morgan fingerprint density at radius 1 is 1.00 bits per heavy atom. The van der Waals surface area contributed by atoms with E-state index in [4.69, 9.17) is 4.74 Å². The van der Waals surface area contributed by atoms with E-state index >= 15 is 0 Å². The molecule has 0 spiro atoms. The third kappa shape index (κ3) is 5.23. The number of carbonyl (C=O) groups is 1. The molecule has 0 bridgehead atoms. The zero-order valence-corrected chi connectivity index (χ0v) is 16.5. The van der Waals surface area contributed by atoms with Crippen molar-refractivity contribution in [1.29, 1.82) is 0 Å². The summed E-state index contributed by atoms with van der Waals surface area (Å²) < 4.78 is 5.59. The van der Waals surface area contributed by atoms with Gasteiger partial charge in [-0.15, -0.1) is 0 Å². The highest BCUT2D eigenvalue weighted by Crippen LogP contribution is 2.20. The molecular formula is C22H29N3O2. The van der Waals surface area contributed by atoms with Crippen LogP contribution < -0.4 is 15.0 Å². The first kappa shape index (κ1) is 19.2. The number of carbonyl (C=O) groups excluding carboxylic acids is 1. The summed E-state index contributed by atoms with van der Waals surface area (Å²) in [5.41, 5.74) is 4.36. The zero-order chi connectivity index (χ0) is 19.2. The number of piperazine rings is 1. The van der Waals surface area contributed by atoms with Crippen molar-refractivity contribution >= 4 is 17.3 Å². The lowest BCUT2D eigenvalue weighted by atomic mass is 10.1. The summed E-state index contributed by atoms with van der Waals surface area (Å²) >= 11 is 0. The van der Waals surface area contributed by atoms with Crippen LogP contribution in [0.4, 0.5) is 11.4 Å². The standard InChI is InChI=1S/C22H29N3O2/c1-4-24-11-13-25(14-12-24)20-8-6-19(7-9-20)23-22(26)16-27-21-10-5-17(2)18(3)15-21/h5-10,15H,4,11-14,16H2,1-3H3,(H,23,26). The van der Waals surface area contributed by atoms with Gasteiger partial charge in [0, 0.05) is 37.6 Å². The Labute approximate surface area is 161 Å². The minimum Gasteiger partial charge on any atom is -0.484 e. The van der Waals surface area contributed by atoms with Crippen LogP contribution in [0.5, 0.6) is 5.75 Å². The van der Waals surface area contributed by atoms with Crippen molar-refractivity contribution in [3.05, 3.63) is 53.6 Å². The number of hydrogen-bond donors (Lipinski definition) is 1. The highest BCUT2D eigenvalue weighted by atomic mass is 16.5. The molecule has 144 valence electrons. The van der Waals surface area contributed by atoms with Crippen molar-refractivity contribution < 1.29 is 9.53 Å². The SMILES string of the molecule is CCN1CCN(c2ccc(NC(=O)COc3ccc(C)c(C)c3)cc2)CC1. The van der Waals surface area contributed by atoms with Gasteiger partial charge >= 0.3 is 0 Å². The van der Waals surface area contributed by atoms with Gasteiger partial charge in [0.2, 0.25) is 0 Å². The van der Waals surface area contributed by atoms with Crippen molar-refractivity contribution in [3.63, 3.8) is 0 Å². The summed E-state index contributed by atoms with van der Waals surface area (Å²) in [4.78, 5) is 17.0. The number of benzene rings is 2. The molecule has 0 aromatic heterocycles. The fraction of sp³-hybridized carbons (Fsp3) is 0.409. The lowest BCUT2D eigenvalue weighted by Gasteiger charge is -2.35. The van der Waals surface area contributed by atoms with Gasteiger partial charge in [-0.3, -0.25) is 4.79 Å². The lowest BCUT2D eigenvalue weighted by Crippen LogP contribution is -2.46. The van der Waals surface area contributed by atoms with E-state index in [1.165, 1.54) is 11.3 Å².